The molecule has 2 bridgehead atoms. The molecule has 2 unspecified atom stereocenters. The van der Waals surface area contributed by atoms with Gasteiger partial charge in [-0.05, 0) is 55.7 Å². The summed E-state index contributed by atoms with van der Waals surface area (Å²) in [5, 5.41) is 23.3. The van der Waals surface area contributed by atoms with E-state index in [1.165, 1.54) is 12.1 Å². The first-order chi connectivity index (χ1) is 18.2. The van der Waals surface area contributed by atoms with Crippen molar-refractivity contribution in [2.45, 2.75) is 47.9 Å². The minimum atomic E-state index is -4.14. The number of benzene rings is 2. The minimum absolute atomic E-state index is 0.0163. The summed E-state index contributed by atoms with van der Waals surface area (Å²) in [7, 11) is -4.14. The zero-order valence-electron chi connectivity index (χ0n) is 20.2. The smallest absolute Gasteiger partial charge is 0.322 e. The summed E-state index contributed by atoms with van der Waals surface area (Å²) in [4.78, 5) is 35.3. The Hall–Kier alpha value is -3.16. The molecule has 2 aliphatic rings. The monoisotopic (exact) mass is 588 g/mol. The van der Waals surface area contributed by atoms with Crippen LogP contribution in [0.25, 0.3) is 0 Å². The van der Waals surface area contributed by atoms with Crippen LogP contribution in [0.5, 0.6) is 0 Å². The molecular formula is C25H24ClF3N2O7S. The Kier molecular flexibility index (Phi) is 7.97. The molecule has 0 aromatic heterocycles. The molecule has 4 rings (SSSR count). The highest BCUT2D eigenvalue weighted by molar-refractivity contribution is 7.92. The van der Waals surface area contributed by atoms with Crippen LogP contribution in [-0.4, -0.2) is 53.8 Å². The predicted molar refractivity (Wildman–Crippen MR) is 132 cm³/mol. The average molecular weight is 589 g/mol. The molecule has 2 saturated carbocycles. The number of carbonyl (C=O) groups is 3. The number of rotatable bonds is 8. The maximum atomic E-state index is 13.6. The Morgan fingerprint density at radius 1 is 1.03 bits per heavy atom. The van der Waals surface area contributed by atoms with E-state index in [2.05, 4.69) is 10.6 Å². The van der Waals surface area contributed by atoms with Crippen LogP contribution in [0.2, 0.25) is 5.02 Å². The molecule has 0 heterocycles. The summed E-state index contributed by atoms with van der Waals surface area (Å²) in [6.07, 6.45) is 0.620. The van der Waals surface area contributed by atoms with Crippen LogP contribution in [0.4, 0.5) is 18.9 Å². The number of amides is 2. The first-order valence-electron chi connectivity index (χ1n) is 11.9. The fourth-order valence-corrected chi connectivity index (χ4v) is 7.92. The topological polar surface area (TPSA) is 150 Å². The lowest BCUT2D eigenvalue weighted by molar-refractivity contribution is -0.140. The largest absolute Gasteiger partial charge is 0.480 e. The highest BCUT2D eigenvalue weighted by Gasteiger charge is 2.56. The van der Waals surface area contributed by atoms with Crippen LogP contribution in [0.1, 0.15) is 42.5 Å². The van der Waals surface area contributed by atoms with Gasteiger partial charge in [0.25, 0.3) is 5.91 Å². The summed E-state index contributed by atoms with van der Waals surface area (Å²) >= 11 is 6.20. The molecule has 2 aromatic rings. The summed E-state index contributed by atoms with van der Waals surface area (Å²) in [5.74, 6) is -8.63. The van der Waals surface area contributed by atoms with Gasteiger partial charge in [0.05, 0.1) is 27.2 Å². The van der Waals surface area contributed by atoms with Crippen molar-refractivity contribution in [3.63, 3.8) is 0 Å². The number of carboxylic acids is 1. The molecule has 2 amide bonds. The van der Waals surface area contributed by atoms with Gasteiger partial charge in [0, 0.05) is 23.4 Å². The molecule has 210 valence electrons. The molecule has 9 nitrogen and oxygen atoms in total. The van der Waals surface area contributed by atoms with Crippen molar-refractivity contribution in [2.75, 3.05) is 11.9 Å². The highest BCUT2D eigenvalue weighted by atomic mass is 35.5. The molecule has 14 heteroatoms. The lowest BCUT2D eigenvalue weighted by Crippen LogP contribution is -2.51. The van der Waals surface area contributed by atoms with Crippen molar-refractivity contribution in [1.82, 2.24) is 5.32 Å². The first-order valence-corrected chi connectivity index (χ1v) is 13.8. The van der Waals surface area contributed by atoms with Crippen LogP contribution in [0.3, 0.4) is 0 Å². The zero-order valence-corrected chi connectivity index (χ0v) is 21.8. The molecular weight excluding hydrogens is 565 g/mol. The normalized spacial score (nSPS) is 24.3. The first kappa shape index (κ1) is 28.8. The summed E-state index contributed by atoms with van der Waals surface area (Å²) < 4.78 is 67.5. The molecule has 39 heavy (non-hydrogen) atoms. The average Bonchev–Trinajstić information content (AvgIpc) is 3.01. The second-order valence-electron chi connectivity index (χ2n) is 9.80. The van der Waals surface area contributed by atoms with Gasteiger partial charge in [-0.1, -0.05) is 11.6 Å². The third-order valence-corrected chi connectivity index (χ3v) is 10.1. The fraction of sp³-hybridized carbons (Fsp3) is 0.400. The standard InChI is InChI=1S/C25H24ClF3N2O7S/c26-17-4-1-12(24(35)31-15-8-18(27)23(29)19(28)9-15)5-20(17)39(37,38)16-6-13-2-3-14(7-16)25(13,36)10-21(32)30-11-22(33)34/h1,4-5,8-9,13-14,16,36H,2-3,6-7,10-11H2,(H,30,32)(H,31,35)(H,33,34)/t13?,14?,16-,25-. The third-order valence-electron chi connectivity index (χ3n) is 7.43. The molecule has 2 aliphatic carbocycles. The number of aliphatic hydroxyl groups is 1. The van der Waals surface area contributed by atoms with E-state index in [9.17, 15) is 41.1 Å². The lowest BCUT2D eigenvalue weighted by atomic mass is 9.72. The van der Waals surface area contributed by atoms with Crippen LogP contribution in [0.15, 0.2) is 35.2 Å². The van der Waals surface area contributed by atoms with Crippen LogP contribution >= 0.6 is 11.6 Å². The Morgan fingerprint density at radius 2 is 1.62 bits per heavy atom. The van der Waals surface area contributed by atoms with Gasteiger partial charge < -0.3 is 20.8 Å². The van der Waals surface area contributed by atoms with Crippen LogP contribution in [-0.2, 0) is 19.4 Å². The number of carbonyl (C=O) groups excluding carboxylic acids is 2. The van der Waals surface area contributed by atoms with E-state index in [1.807, 2.05) is 0 Å². The number of nitrogens with one attached hydrogen (secondary N) is 2. The second-order valence-corrected chi connectivity index (χ2v) is 12.4. The summed E-state index contributed by atoms with van der Waals surface area (Å²) in [5.41, 5.74) is -2.06. The molecule has 0 aliphatic heterocycles. The summed E-state index contributed by atoms with van der Waals surface area (Å²) in [6.45, 7) is -0.602. The number of aliphatic carboxylic acids is 1. The van der Waals surface area contributed by atoms with E-state index in [1.54, 1.807) is 0 Å². The maximum Gasteiger partial charge on any atom is 0.322 e. The number of anilines is 1. The Morgan fingerprint density at radius 3 is 2.18 bits per heavy atom. The highest BCUT2D eigenvalue weighted by Crippen LogP contribution is 2.53. The lowest BCUT2D eigenvalue weighted by Gasteiger charge is -2.42. The number of sulfone groups is 1. The predicted octanol–water partition coefficient (Wildman–Crippen LogP) is 3.29. The van der Waals surface area contributed by atoms with Crippen LogP contribution < -0.4 is 10.6 Å². The molecule has 2 fully saturated rings. The Balaban J connectivity index is 1.53. The quantitative estimate of drug-likeness (QED) is 0.346. The fourth-order valence-electron chi connectivity index (χ4n) is 5.52. The maximum absolute atomic E-state index is 13.6. The van der Waals surface area contributed by atoms with E-state index < -0.39 is 74.3 Å². The Bertz CT molecular complexity index is 1420. The minimum Gasteiger partial charge on any atom is -0.480 e. The van der Waals surface area contributed by atoms with E-state index in [0.717, 1.165) is 6.07 Å². The van der Waals surface area contributed by atoms with Crippen molar-refractivity contribution in [3.05, 3.63) is 58.4 Å². The van der Waals surface area contributed by atoms with E-state index in [0.29, 0.717) is 25.0 Å². The number of hydrogen-bond donors (Lipinski definition) is 4. The van der Waals surface area contributed by atoms with Crippen molar-refractivity contribution < 1.29 is 46.2 Å². The summed E-state index contributed by atoms with van der Waals surface area (Å²) in [6, 6.07) is 4.59. The van der Waals surface area contributed by atoms with Gasteiger partial charge in [-0.25, -0.2) is 21.6 Å². The number of carboxylic acid groups (broad SMARTS) is 1. The molecule has 4 N–H and O–H groups in total. The van der Waals surface area contributed by atoms with Gasteiger partial charge >= 0.3 is 5.97 Å². The van der Waals surface area contributed by atoms with E-state index in [-0.39, 0.29) is 40.4 Å². The number of halogens is 4. The van der Waals surface area contributed by atoms with Gasteiger partial charge in [0.2, 0.25) is 5.91 Å². The number of hydrogen-bond acceptors (Lipinski definition) is 6. The van der Waals surface area contributed by atoms with E-state index in [4.69, 9.17) is 16.7 Å². The van der Waals surface area contributed by atoms with Gasteiger partial charge in [-0.2, -0.15) is 0 Å². The van der Waals surface area contributed by atoms with Crippen molar-refractivity contribution in [1.29, 1.82) is 0 Å². The second kappa shape index (κ2) is 10.8. The van der Waals surface area contributed by atoms with Crippen molar-refractivity contribution in [3.8, 4) is 0 Å². The third kappa shape index (κ3) is 5.75. The van der Waals surface area contributed by atoms with Gasteiger partial charge in [-0.15, -0.1) is 0 Å². The van der Waals surface area contributed by atoms with Crippen molar-refractivity contribution in [2.24, 2.45) is 11.8 Å². The van der Waals surface area contributed by atoms with Gasteiger partial charge in [0.15, 0.2) is 27.3 Å². The van der Waals surface area contributed by atoms with Crippen LogP contribution in [0, 0.1) is 29.3 Å². The van der Waals surface area contributed by atoms with Crippen molar-refractivity contribution >= 4 is 44.9 Å². The molecule has 2 atom stereocenters. The molecule has 2 aromatic carbocycles. The van der Waals surface area contributed by atoms with E-state index >= 15 is 0 Å². The van der Waals surface area contributed by atoms with Gasteiger partial charge in [-0.3, -0.25) is 14.4 Å². The zero-order chi connectivity index (χ0) is 28.7. The van der Waals surface area contributed by atoms with Gasteiger partial charge in [0.1, 0.15) is 6.54 Å². The molecule has 0 spiro atoms. The number of fused-ring (bicyclic) bond motifs is 2. The molecule has 0 saturated heterocycles. The SMILES string of the molecule is O=C(O)CNC(=O)C[C@]1(O)C2CCC1C[C@@H](S(=O)(=O)c1cc(C(=O)Nc3cc(F)c(F)c(F)c3)ccc1Cl)C2. The Labute approximate surface area is 226 Å². The molecule has 0 radical (unpaired) electrons.